The minimum atomic E-state index is -0.486. The lowest BCUT2D eigenvalue weighted by molar-refractivity contribution is -0.124. The van der Waals surface area contributed by atoms with Gasteiger partial charge in [-0.3, -0.25) is 24.0 Å². The number of hydrogen-bond acceptors (Lipinski definition) is 13. The van der Waals surface area contributed by atoms with Crippen molar-refractivity contribution in [3.63, 3.8) is 0 Å². The Hall–Kier alpha value is -5.36. The van der Waals surface area contributed by atoms with Crippen LogP contribution in [0.4, 0.5) is 17.6 Å². The van der Waals surface area contributed by atoms with Gasteiger partial charge in [0.1, 0.15) is 52.2 Å². The first-order valence-electron chi connectivity index (χ1n) is 43.7. The third-order valence-corrected chi connectivity index (χ3v) is 23.4. The quantitative estimate of drug-likeness (QED) is 0.0162. The summed E-state index contributed by atoms with van der Waals surface area (Å²) in [6.07, 6.45) is 6.39. The summed E-state index contributed by atoms with van der Waals surface area (Å²) in [5, 5.41) is 21.2. The van der Waals surface area contributed by atoms with Crippen molar-refractivity contribution < 1.29 is 51.0 Å². The molecule has 0 spiro atoms. The smallest absolute Gasteiger partial charge is 0.144 e. The van der Waals surface area contributed by atoms with Gasteiger partial charge in [-0.15, -0.1) is 0 Å². The first-order valence-corrected chi connectivity index (χ1v) is 46.4. The standard InChI is InChI=1S/C18H25BrFNO.C17H23ClFNO2.C17H27NO.C16H24BrNO.C16H21ClFNO.C16H23ClFNO/c1-12(2)13(3)17(11-21-15-6-8-22-9-7-15)16-5-4-14(19)10-18(16)20;1-11(2)17(21)15(10-20-13-5-7-22-8-6-13)14-4-3-12(18)9-16(14)19;1-12(2)16(19)15(11-18-17(4,5)6)14-9-7-13(3)8-10-14;1-11(2)15(19)14(10-18-16(3,4)5)12-6-8-13(17)9-7-12;1-10(2)16(20)14(9-19-8-11-3-4-11)13-6-5-12(17)7-15(13)18;1-10(2)8-19-9-13(16(20)11(3)4)12-5-6-14(17)15(18)7-12/h4-5,10,12,15,17,21H,3,6-9,11H2,1-2H3;3-4,9,11,13,15,20H,5-8,10H2,1-2H3;7-10,12,15,18H,11H2,1-6H3;6-9,11,14,18H,10H2,1-5H3;5-7,10-11,14,19H,3-4,8-9H2,1-2H3;5-7,10-11,13,19H,8-9H2,1-4H3/t17-;2*15-;2*14-;13-/m011111/s1. The van der Waals surface area contributed by atoms with Crippen molar-refractivity contribution >= 4 is 95.6 Å². The summed E-state index contributed by atoms with van der Waals surface area (Å²) < 4.78 is 68.7. The highest BCUT2D eigenvalue weighted by molar-refractivity contribution is 9.10. The van der Waals surface area contributed by atoms with Gasteiger partial charge in [-0.05, 0) is 212 Å². The summed E-state index contributed by atoms with van der Waals surface area (Å²) in [7, 11) is 0. The summed E-state index contributed by atoms with van der Waals surface area (Å²) in [4.78, 5) is 61.9. The van der Waals surface area contributed by atoms with Crippen LogP contribution < -0.4 is 31.9 Å². The molecule has 1 saturated carbocycles. The van der Waals surface area contributed by atoms with Gasteiger partial charge in [-0.1, -0.05) is 242 Å². The largest absolute Gasteiger partial charge is 0.381 e. The van der Waals surface area contributed by atoms with Crippen LogP contribution in [0.3, 0.4) is 0 Å². The molecule has 9 rings (SSSR count). The number of halogens is 9. The van der Waals surface area contributed by atoms with Crippen LogP contribution in [-0.4, -0.2) is 131 Å². The van der Waals surface area contributed by atoms with Crippen molar-refractivity contribution in [3.05, 3.63) is 220 Å². The average Bonchev–Trinajstić information content (AvgIpc) is 0.922. The van der Waals surface area contributed by atoms with Gasteiger partial charge >= 0.3 is 0 Å². The maximum Gasteiger partial charge on any atom is 0.144 e. The Balaban J connectivity index is 0.000000308. The molecule has 2 saturated heterocycles. The summed E-state index contributed by atoms with van der Waals surface area (Å²) >= 11 is 24.0. The Labute approximate surface area is 761 Å². The molecule has 122 heavy (non-hydrogen) atoms. The zero-order valence-corrected chi connectivity index (χ0v) is 81.9. The SMILES string of the molecule is C=C(C(C)C)[C@H](CNC1CCOCC1)c1ccc(Br)cc1F.CC(C)C(=O)[C@H](CNC(C)(C)C)c1ccc(Br)cc1.CC(C)C(=O)[C@H](CNC1CCOCC1)c1ccc(Cl)cc1F.CC(C)C(=O)[C@H](CNCC1CC1)c1ccc(Cl)cc1F.CC(C)CNC[C@@H](C(=O)C(C)C)c1ccc(Cl)c(F)c1.Cc1ccc([C@@H](CNC(C)(C)C)C(=O)C(C)C)cc1. The van der Waals surface area contributed by atoms with Crippen molar-refractivity contribution in [2.24, 2.45) is 47.3 Å². The van der Waals surface area contributed by atoms with Gasteiger partial charge in [-0.2, -0.15) is 0 Å². The Bertz CT molecular complexity index is 4000. The second kappa shape index (κ2) is 54.7. The van der Waals surface area contributed by atoms with Crippen LogP contribution in [0.15, 0.2) is 142 Å². The predicted octanol–water partition coefficient (Wildman–Crippen LogP) is 23.9. The molecule has 6 aromatic rings. The number of benzene rings is 6. The molecule has 22 heteroatoms. The molecule has 1 aliphatic carbocycles. The molecular weight excluding hydrogens is 1740 g/mol. The van der Waals surface area contributed by atoms with Crippen LogP contribution in [0.1, 0.15) is 251 Å². The van der Waals surface area contributed by atoms with Crippen molar-refractivity contribution in [3.8, 4) is 0 Å². The number of Topliss-reactive ketones (excluding diaryl/α,β-unsaturated/α-hetero) is 5. The van der Waals surface area contributed by atoms with Crippen molar-refractivity contribution in [2.45, 2.75) is 243 Å². The number of ether oxygens (including phenoxy) is 2. The molecule has 6 N–H and O–H groups in total. The van der Waals surface area contributed by atoms with E-state index in [-0.39, 0.29) is 92.5 Å². The fourth-order valence-electron chi connectivity index (χ4n) is 13.8. The molecule has 2 heterocycles. The van der Waals surface area contributed by atoms with Crippen LogP contribution in [-0.2, 0) is 33.4 Å². The van der Waals surface area contributed by atoms with E-state index < -0.39 is 29.3 Å². The number of aryl methyl sites for hydroxylation is 1. The summed E-state index contributed by atoms with van der Waals surface area (Å²) in [6, 6.07) is 36.1. The Morgan fingerprint density at radius 1 is 0.402 bits per heavy atom. The molecule has 3 aliphatic rings. The summed E-state index contributed by atoms with van der Waals surface area (Å²) in [5.74, 6) is -0.698. The second-order valence-electron chi connectivity index (χ2n) is 37.0. The van der Waals surface area contributed by atoms with Crippen molar-refractivity contribution in [1.82, 2.24) is 31.9 Å². The fourth-order valence-corrected chi connectivity index (χ4v) is 14.8. The van der Waals surface area contributed by atoms with Gasteiger partial charge in [0.05, 0.1) is 34.6 Å². The van der Waals surface area contributed by atoms with Crippen LogP contribution in [0, 0.1) is 77.5 Å². The maximum absolute atomic E-state index is 14.4. The topological polar surface area (TPSA) is 176 Å². The Morgan fingerprint density at radius 2 is 0.754 bits per heavy atom. The van der Waals surface area contributed by atoms with E-state index in [1.165, 1.54) is 48.7 Å². The van der Waals surface area contributed by atoms with E-state index in [2.05, 4.69) is 171 Å². The van der Waals surface area contributed by atoms with E-state index in [0.29, 0.717) is 94.9 Å². The first-order chi connectivity index (χ1) is 57.2. The highest BCUT2D eigenvalue weighted by atomic mass is 79.9. The summed E-state index contributed by atoms with van der Waals surface area (Å²) in [6.45, 7) is 54.8. The van der Waals surface area contributed by atoms with E-state index in [1.54, 1.807) is 30.3 Å². The van der Waals surface area contributed by atoms with Gasteiger partial charge in [0, 0.05) is 143 Å². The normalized spacial score (nSPS) is 15.5. The molecule has 0 aromatic heterocycles. The monoisotopic (exact) mass is 1880 g/mol. The van der Waals surface area contributed by atoms with Crippen LogP contribution in [0.5, 0.6) is 0 Å². The third-order valence-electron chi connectivity index (χ3n) is 21.6. The van der Waals surface area contributed by atoms with Gasteiger partial charge in [0.15, 0.2) is 0 Å². The number of ketones is 5. The highest BCUT2D eigenvalue weighted by Gasteiger charge is 2.32. The van der Waals surface area contributed by atoms with E-state index in [0.717, 1.165) is 109 Å². The van der Waals surface area contributed by atoms with Gasteiger partial charge in [0.2, 0.25) is 0 Å². The lowest BCUT2D eigenvalue weighted by Crippen LogP contribution is -2.40. The molecule has 0 bridgehead atoms. The second-order valence-corrected chi connectivity index (χ2v) is 40.1. The molecule has 13 nitrogen and oxygen atoms in total. The van der Waals surface area contributed by atoms with E-state index in [9.17, 15) is 41.5 Å². The molecule has 3 fully saturated rings. The highest BCUT2D eigenvalue weighted by Crippen LogP contribution is 2.35. The zero-order chi connectivity index (χ0) is 91.5. The van der Waals surface area contributed by atoms with Crippen LogP contribution in [0.25, 0.3) is 0 Å². The van der Waals surface area contributed by atoms with Gasteiger partial charge < -0.3 is 41.4 Å². The molecule has 6 aromatic carbocycles. The molecule has 678 valence electrons. The molecular formula is C100H143Br2Cl3F4N6O7. The summed E-state index contributed by atoms with van der Waals surface area (Å²) in [5.41, 5.74) is 6.80. The fraction of sp³-hybridized carbons (Fsp3) is 0.570. The van der Waals surface area contributed by atoms with E-state index in [1.807, 2.05) is 106 Å². The van der Waals surface area contributed by atoms with Crippen LogP contribution >= 0.6 is 66.7 Å². The number of nitrogens with one attached hydrogen (secondary N) is 6. The van der Waals surface area contributed by atoms with Crippen molar-refractivity contribution in [1.29, 1.82) is 0 Å². The lowest BCUT2D eigenvalue weighted by Gasteiger charge is -2.28. The average molecular weight is 1880 g/mol. The predicted molar refractivity (Wildman–Crippen MR) is 506 cm³/mol. The molecule has 0 radical (unpaired) electrons. The van der Waals surface area contributed by atoms with E-state index >= 15 is 0 Å². The Morgan fingerprint density at radius 3 is 1.13 bits per heavy atom. The minimum Gasteiger partial charge on any atom is -0.381 e. The molecule has 0 amide bonds. The lowest BCUT2D eigenvalue weighted by atomic mass is 9.85. The Kier molecular flexibility index (Phi) is 48.9. The molecule has 6 atom stereocenters. The van der Waals surface area contributed by atoms with Crippen molar-refractivity contribution in [2.75, 3.05) is 78.8 Å². The first kappa shape index (κ1) is 109. The van der Waals surface area contributed by atoms with Crippen LogP contribution in [0.2, 0.25) is 15.1 Å². The number of carbonyl (C=O) groups excluding carboxylic acids is 5. The molecule has 2 aliphatic heterocycles. The molecule has 0 unspecified atom stereocenters. The minimum absolute atomic E-state index is 0.00375. The van der Waals surface area contributed by atoms with Gasteiger partial charge in [0.25, 0.3) is 0 Å². The maximum atomic E-state index is 14.4. The number of hydrogen-bond donors (Lipinski definition) is 6. The zero-order valence-electron chi connectivity index (χ0n) is 76.5. The van der Waals surface area contributed by atoms with Gasteiger partial charge in [-0.25, -0.2) is 17.6 Å². The van der Waals surface area contributed by atoms with E-state index in [4.69, 9.17) is 44.3 Å². The number of rotatable bonds is 36. The third kappa shape index (κ3) is 40.3. The number of carbonyl (C=O) groups is 5.